The summed E-state index contributed by atoms with van der Waals surface area (Å²) in [5.41, 5.74) is 1.64. The first-order valence-electron chi connectivity index (χ1n) is 12.8. The number of ether oxygens (including phenoxy) is 1. The molecule has 5 atom stereocenters. The van der Waals surface area contributed by atoms with Gasteiger partial charge in [-0.2, -0.15) is 5.26 Å². The zero-order valence-electron chi connectivity index (χ0n) is 21.9. The van der Waals surface area contributed by atoms with Crippen LogP contribution in [-0.2, 0) is 13.8 Å². The van der Waals surface area contributed by atoms with Crippen LogP contribution >= 0.6 is 8.53 Å². The van der Waals surface area contributed by atoms with E-state index in [2.05, 4.69) is 58.7 Å². The molecule has 38 heavy (non-hydrogen) atoms. The fraction of sp³-hybridized carbons (Fsp3) is 0.500. The summed E-state index contributed by atoms with van der Waals surface area (Å²) >= 11 is 0. The van der Waals surface area contributed by atoms with E-state index >= 15 is 0 Å². The molecule has 3 heterocycles. The summed E-state index contributed by atoms with van der Waals surface area (Å²) in [5.74, 6) is 0.334. The molecule has 1 amide bonds. The Morgan fingerprint density at radius 3 is 2.66 bits per heavy atom. The second kappa shape index (κ2) is 11.4. The van der Waals surface area contributed by atoms with E-state index in [1.54, 1.807) is 18.5 Å². The fourth-order valence-corrected chi connectivity index (χ4v) is 6.66. The number of aromatic nitrogens is 4. The number of carbonyl (C=O) groups excluding carboxylic acids is 1. The Labute approximate surface area is 223 Å². The lowest BCUT2D eigenvalue weighted by atomic mass is 10.2. The van der Waals surface area contributed by atoms with Gasteiger partial charge in [-0.05, 0) is 39.8 Å². The van der Waals surface area contributed by atoms with Crippen LogP contribution in [0.25, 0.3) is 11.2 Å². The van der Waals surface area contributed by atoms with Gasteiger partial charge in [0.15, 0.2) is 17.0 Å². The van der Waals surface area contributed by atoms with E-state index in [-0.39, 0.29) is 42.3 Å². The SMILES string of the molecule is CC(C)N(C(C)C)P(OCCC#N)OC1C2C[C@H](n3cnc4c(NC(=O)c5ccccc5)ncnc43)O[C@@H]21. The number of anilines is 1. The molecule has 11 nitrogen and oxygen atoms in total. The highest BCUT2D eigenvalue weighted by atomic mass is 31.2. The van der Waals surface area contributed by atoms with E-state index in [9.17, 15) is 4.79 Å². The minimum atomic E-state index is -1.31. The number of hydrogen-bond donors (Lipinski definition) is 1. The number of fused-ring (bicyclic) bond motifs is 2. The van der Waals surface area contributed by atoms with Crippen molar-refractivity contribution in [3.8, 4) is 6.07 Å². The third-order valence-corrected chi connectivity index (χ3v) is 8.75. The van der Waals surface area contributed by atoms with Gasteiger partial charge < -0.3 is 19.1 Å². The van der Waals surface area contributed by atoms with Crippen LogP contribution in [0, 0.1) is 17.2 Å². The van der Waals surface area contributed by atoms with Crippen molar-refractivity contribution in [2.45, 2.75) is 71.1 Å². The summed E-state index contributed by atoms with van der Waals surface area (Å²) in [6.45, 7) is 8.82. The minimum absolute atomic E-state index is 0.0396. The maximum atomic E-state index is 12.6. The third-order valence-electron chi connectivity index (χ3n) is 6.63. The molecule has 5 rings (SSSR count). The molecular weight excluding hydrogens is 505 g/mol. The van der Waals surface area contributed by atoms with Crippen LogP contribution in [0.2, 0.25) is 0 Å². The van der Waals surface area contributed by atoms with Gasteiger partial charge in [-0.25, -0.2) is 19.6 Å². The number of nitriles is 1. The van der Waals surface area contributed by atoms with Crippen molar-refractivity contribution in [3.63, 3.8) is 0 Å². The maximum absolute atomic E-state index is 12.6. The number of carbonyl (C=O) groups is 1. The molecule has 2 fully saturated rings. The van der Waals surface area contributed by atoms with E-state index in [1.165, 1.54) is 6.33 Å². The number of hydrogen-bond acceptors (Lipinski definition) is 9. The molecule has 2 aromatic heterocycles. The van der Waals surface area contributed by atoms with E-state index in [4.69, 9.17) is 19.0 Å². The Bertz CT molecular complexity index is 1290. The van der Waals surface area contributed by atoms with Crippen LogP contribution in [0.15, 0.2) is 43.0 Å². The lowest BCUT2D eigenvalue weighted by Gasteiger charge is -2.36. The van der Waals surface area contributed by atoms with E-state index in [1.807, 2.05) is 22.8 Å². The summed E-state index contributed by atoms with van der Waals surface area (Å²) < 4.78 is 23.0. The molecule has 1 saturated carbocycles. The lowest BCUT2D eigenvalue weighted by Crippen LogP contribution is -2.34. The van der Waals surface area contributed by atoms with Gasteiger partial charge in [0.25, 0.3) is 14.4 Å². The molecule has 0 spiro atoms. The molecule has 3 aromatic rings. The number of nitrogens with zero attached hydrogens (tertiary/aromatic N) is 6. The van der Waals surface area contributed by atoms with Crippen molar-refractivity contribution in [3.05, 3.63) is 48.5 Å². The average Bonchev–Trinajstić information content (AvgIpc) is 3.24. The summed E-state index contributed by atoms with van der Waals surface area (Å²) in [4.78, 5) is 25.8. The summed E-state index contributed by atoms with van der Waals surface area (Å²) in [6.07, 6.45) is 3.85. The molecule has 0 radical (unpaired) electrons. The highest BCUT2D eigenvalue weighted by Crippen LogP contribution is 2.58. The molecule has 200 valence electrons. The van der Waals surface area contributed by atoms with Gasteiger partial charge >= 0.3 is 0 Å². The molecule has 2 aliphatic rings. The van der Waals surface area contributed by atoms with Crippen LogP contribution < -0.4 is 5.32 Å². The normalized spacial score (nSPS) is 23.1. The zero-order valence-corrected chi connectivity index (χ0v) is 22.8. The standard InChI is InChI=1S/C26H32N7O4P/c1-16(2)33(17(3)4)38(35-12-8-11-27)37-23-19-13-20(36-22(19)23)32-15-30-21-24(28-14-29-25(21)32)31-26(34)18-9-6-5-7-10-18/h5-7,9-10,14-17,19-20,22-23H,8,12-13H2,1-4H3,(H,28,29,31,34)/t19?,20-,22+,23?,38?/m1/s1. The van der Waals surface area contributed by atoms with Crippen LogP contribution in [-0.4, -0.2) is 61.0 Å². The summed E-state index contributed by atoms with van der Waals surface area (Å²) in [6, 6.07) is 11.6. The van der Waals surface area contributed by atoms with Crippen LogP contribution in [0.3, 0.4) is 0 Å². The van der Waals surface area contributed by atoms with Crippen molar-refractivity contribution in [2.24, 2.45) is 5.92 Å². The Morgan fingerprint density at radius 1 is 1.24 bits per heavy atom. The van der Waals surface area contributed by atoms with Crippen LogP contribution in [0.4, 0.5) is 5.82 Å². The molecule has 3 unspecified atom stereocenters. The molecule has 1 N–H and O–H groups in total. The van der Waals surface area contributed by atoms with E-state index in [0.717, 1.165) is 6.42 Å². The summed E-state index contributed by atoms with van der Waals surface area (Å²) in [7, 11) is -1.31. The highest BCUT2D eigenvalue weighted by Gasteiger charge is 2.61. The second-order valence-corrected chi connectivity index (χ2v) is 11.3. The predicted octanol–water partition coefficient (Wildman–Crippen LogP) is 4.66. The monoisotopic (exact) mass is 537 g/mol. The molecule has 1 aliphatic carbocycles. The Hall–Kier alpha value is -3.00. The van der Waals surface area contributed by atoms with Gasteiger partial charge in [0.2, 0.25) is 0 Å². The Kier molecular flexibility index (Phi) is 7.98. The first kappa shape index (κ1) is 26.6. The van der Waals surface area contributed by atoms with E-state index in [0.29, 0.717) is 35.6 Å². The Balaban J connectivity index is 1.25. The van der Waals surface area contributed by atoms with E-state index < -0.39 is 8.53 Å². The van der Waals surface area contributed by atoms with Crippen molar-refractivity contribution in [1.82, 2.24) is 24.2 Å². The maximum Gasteiger partial charge on any atom is 0.259 e. The number of imidazole rings is 1. The fourth-order valence-electron chi connectivity index (χ4n) is 4.87. The number of amides is 1. The minimum Gasteiger partial charge on any atom is -0.352 e. The van der Waals surface area contributed by atoms with Gasteiger partial charge in [-0.15, -0.1) is 0 Å². The zero-order chi connectivity index (χ0) is 26.8. The third kappa shape index (κ3) is 5.41. The van der Waals surface area contributed by atoms with Gasteiger partial charge in [-0.1, -0.05) is 18.2 Å². The molecule has 1 aliphatic heterocycles. The molecule has 12 heteroatoms. The van der Waals surface area contributed by atoms with Crippen molar-refractivity contribution >= 4 is 31.4 Å². The topological polar surface area (TPSA) is 127 Å². The van der Waals surface area contributed by atoms with Crippen LogP contribution in [0.1, 0.15) is 57.1 Å². The molecule has 0 bridgehead atoms. The van der Waals surface area contributed by atoms with Crippen molar-refractivity contribution < 1.29 is 18.6 Å². The van der Waals surface area contributed by atoms with Gasteiger partial charge in [0.05, 0.1) is 37.6 Å². The quantitative estimate of drug-likeness (QED) is 0.274. The molecular formula is C26H32N7O4P. The number of rotatable bonds is 11. The number of benzene rings is 1. The second-order valence-electron chi connectivity index (χ2n) is 9.94. The van der Waals surface area contributed by atoms with Gasteiger partial charge in [0.1, 0.15) is 12.6 Å². The van der Waals surface area contributed by atoms with Crippen molar-refractivity contribution in [2.75, 3.05) is 11.9 Å². The predicted molar refractivity (Wildman–Crippen MR) is 142 cm³/mol. The molecule has 1 aromatic carbocycles. The number of nitrogens with one attached hydrogen (secondary N) is 1. The lowest BCUT2D eigenvalue weighted by molar-refractivity contribution is -0.00495. The van der Waals surface area contributed by atoms with Crippen LogP contribution in [0.5, 0.6) is 0 Å². The largest absolute Gasteiger partial charge is 0.352 e. The first-order valence-corrected chi connectivity index (χ1v) is 14.0. The smallest absolute Gasteiger partial charge is 0.259 e. The highest BCUT2D eigenvalue weighted by molar-refractivity contribution is 7.44. The first-order chi connectivity index (χ1) is 18.4. The van der Waals surface area contributed by atoms with Crippen molar-refractivity contribution in [1.29, 1.82) is 5.26 Å². The molecule has 1 saturated heterocycles. The Morgan fingerprint density at radius 2 is 2.00 bits per heavy atom. The summed E-state index contributed by atoms with van der Waals surface area (Å²) in [5, 5.41) is 11.8. The van der Waals surface area contributed by atoms with Gasteiger partial charge in [-0.3, -0.25) is 9.36 Å². The van der Waals surface area contributed by atoms with Gasteiger partial charge in [0, 0.05) is 30.0 Å². The average molecular weight is 538 g/mol.